The summed E-state index contributed by atoms with van der Waals surface area (Å²) >= 11 is 1.63. The van der Waals surface area contributed by atoms with Crippen molar-refractivity contribution in [2.45, 2.75) is 32.7 Å². The highest BCUT2D eigenvalue weighted by Crippen LogP contribution is 2.23. The average molecular weight is 288 g/mol. The molecule has 0 saturated heterocycles. The van der Waals surface area contributed by atoms with Crippen molar-refractivity contribution in [1.29, 1.82) is 0 Å². The van der Waals surface area contributed by atoms with Crippen LogP contribution in [0.3, 0.4) is 0 Å². The number of thiophene rings is 1. The fourth-order valence-corrected chi connectivity index (χ4v) is 2.45. The molecular weight excluding hydrogens is 268 g/mol. The molecule has 0 atom stereocenters. The molecule has 2 N–H and O–H groups in total. The van der Waals surface area contributed by atoms with Gasteiger partial charge >= 0.3 is 6.03 Å². The molecule has 0 bridgehead atoms. The van der Waals surface area contributed by atoms with Gasteiger partial charge in [0.1, 0.15) is 0 Å². The van der Waals surface area contributed by atoms with Gasteiger partial charge in [0.25, 0.3) is 0 Å². The highest BCUT2D eigenvalue weighted by molar-refractivity contribution is 7.09. The summed E-state index contributed by atoms with van der Waals surface area (Å²) in [7, 11) is 0. The Hall–Kier alpha value is -1.81. The minimum absolute atomic E-state index is 0.125. The highest BCUT2D eigenvalue weighted by atomic mass is 32.1. The smallest absolute Gasteiger partial charge is 0.319 e. The second kappa shape index (κ2) is 6.09. The van der Waals surface area contributed by atoms with Gasteiger partial charge in [0.05, 0.1) is 6.54 Å². The zero-order valence-corrected chi connectivity index (χ0v) is 12.9. The third kappa shape index (κ3) is 4.10. The Kier molecular flexibility index (Phi) is 4.45. The molecule has 0 radical (unpaired) electrons. The number of carbonyl (C=O) groups is 1. The zero-order valence-electron chi connectivity index (χ0n) is 12.1. The van der Waals surface area contributed by atoms with Gasteiger partial charge in [-0.15, -0.1) is 11.3 Å². The lowest BCUT2D eigenvalue weighted by Crippen LogP contribution is -2.27. The largest absolute Gasteiger partial charge is 0.333 e. The van der Waals surface area contributed by atoms with E-state index in [9.17, 15) is 4.79 Å². The van der Waals surface area contributed by atoms with E-state index in [2.05, 4.69) is 43.5 Å². The Labute approximate surface area is 124 Å². The quantitative estimate of drug-likeness (QED) is 0.865. The van der Waals surface area contributed by atoms with Crippen LogP contribution in [0.2, 0.25) is 0 Å². The molecule has 2 amide bonds. The van der Waals surface area contributed by atoms with E-state index in [4.69, 9.17) is 0 Å². The van der Waals surface area contributed by atoms with Crippen LogP contribution in [-0.4, -0.2) is 6.03 Å². The molecule has 3 nitrogen and oxygen atoms in total. The lowest BCUT2D eigenvalue weighted by molar-refractivity contribution is 0.252. The Morgan fingerprint density at radius 1 is 1.15 bits per heavy atom. The van der Waals surface area contributed by atoms with Crippen LogP contribution in [0.1, 0.15) is 31.2 Å². The first-order chi connectivity index (χ1) is 9.45. The molecule has 1 aromatic heterocycles. The number of amides is 2. The summed E-state index contributed by atoms with van der Waals surface area (Å²) in [5.74, 6) is 0. The number of urea groups is 1. The molecule has 106 valence electrons. The number of rotatable bonds is 3. The number of nitrogens with one attached hydrogen (secondary N) is 2. The van der Waals surface area contributed by atoms with Gasteiger partial charge < -0.3 is 10.6 Å². The summed E-state index contributed by atoms with van der Waals surface area (Å²) in [6, 6.07) is 11.8. The fraction of sp³-hybridized carbons (Fsp3) is 0.312. The van der Waals surface area contributed by atoms with E-state index in [-0.39, 0.29) is 11.4 Å². The van der Waals surface area contributed by atoms with Crippen LogP contribution in [-0.2, 0) is 12.0 Å². The fourth-order valence-electron chi connectivity index (χ4n) is 1.81. The summed E-state index contributed by atoms with van der Waals surface area (Å²) in [6.45, 7) is 7.07. The van der Waals surface area contributed by atoms with E-state index < -0.39 is 0 Å². The Balaban J connectivity index is 1.88. The van der Waals surface area contributed by atoms with E-state index >= 15 is 0 Å². The van der Waals surface area contributed by atoms with E-state index in [1.807, 2.05) is 29.6 Å². The normalized spacial score (nSPS) is 11.2. The van der Waals surface area contributed by atoms with Gasteiger partial charge in [-0.1, -0.05) is 39.0 Å². The van der Waals surface area contributed by atoms with Crippen LogP contribution in [0.4, 0.5) is 10.5 Å². The number of hydrogen-bond donors (Lipinski definition) is 2. The average Bonchev–Trinajstić information content (AvgIpc) is 2.89. The van der Waals surface area contributed by atoms with Crippen LogP contribution in [0.25, 0.3) is 0 Å². The molecule has 4 heteroatoms. The standard InChI is InChI=1S/C16H20N2OS/c1-16(2,3)12-6-8-13(9-7-12)18-15(19)17-11-14-5-4-10-20-14/h4-10H,11H2,1-3H3,(H2,17,18,19). The predicted molar refractivity (Wildman–Crippen MR) is 85.3 cm³/mol. The van der Waals surface area contributed by atoms with Crippen molar-refractivity contribution in [2.75, 3.05) is 5.32 Å². The number of benzene rings is 1. The molecule has 1 heterocycles. The van der Waals surface area contributed by atoms with Crippen molar-refractivity contribution in [3.8, 4) is 0 Å². The van der Waals surface area contributed by atoms with Crippen LogP contribution >= 0.6 is 11.3 Å². The molecule has 0 spiro atoms. The third-order valence-corrected chi connectivity index (χ3v) is 3.89. The van der Waals surface area contributed by atoms with E-state index in [0.29, 0.717) is 6.54 Å². The second-order valence-electron chi connectivity index (χ2n) is 5.71. The Morgan fingerprint density at radius 3 is 2.40 bits per heavy atom. The van der Waals surface area contributed by atoms with Gasteiger partial charge in [0.15, 0.2) is 0 Å². The maximum atomic E-state index is 11.8. The van der Waals surface area contributed by atoms with Crippen LogP contribution in [0.5, 0.6) is 0 Å². The van der Waals surface area contributed by atoms with Crippen molar-refractivity contribution in [2.24, 2.45) is 0 Å². The molecule has 0 fully saturated rings. The summed E-state index contributed by atoms with van der Waals surface area (Å²) in [4.78, 5) is 12.9. The molecule has 0 aliphatic heterocycles. The van der Waals surface area contributed by atoms with Gasteiger partial charge in [-0.3, -0.25) is 0 Å². The maximum Gasteiger partial charge on any atom is 0.319 e. The molecule has 20 heavy (non-hydrogen) atoms. The van der Waals surface area contributed by atoms with E-state index in [1.54, 1.807) is 11.3 Å². The molecule has 0 unspecified atom stereocenters. The van der Waals surface area contributed by atoms with Crippen molar-refractivity contribution in [3.63, 3.8) is 0 Å². The predicted octanol–water partition coefficient (Wildman–Crippen LogP) is 4.37. The monoisotopic (exact) mass is 288 g/mol. The summed E-state index contributed by atoms with van der Waals surface area (Å²) < 4.78 is 0. The molecule has 0 aliphatic rings. The van der Waals surface area contributed by atoms with Gasteiger partial charge in [-0.25, -0.2) is 4.79 Å². The second-order valence-corrected chi connectivity index (χ2v) is 6.75. The highest BCUT2D eigenvalue weighted by Gasteiger charge is 2.13. The van der Waals surface area contributed by atoms with Gasteiger partial charge in [-0.2, -0.15) is 0 Å². The number of carbonyl (C=O) groups excluding carboxylic acids is 1. The number of hydrogen-bond acceptors (Lipinski definition) is 2. The molecule has 0 aliphatic carbocycles. The topological polar surface area (TPSA) is 41.1 Å². The van der Waals surface area contributed by atoms with Crippen LogP contribution < -0.4 is 10.6 Å². The van der Waals surface area contributed by atoms with Crippen LogP contribution in [0, 0.1) is 0 Å². The zero-order chi connectivity index (χ0) is 14.6. The minimum Gasteiger partial charge on any atom is -0.333 e. The minimum atomic E-state index is -0.179. The van der Waals surface area contributed by atoms with Gasteiger partial charge in [-0.05, 0) is 34.6 Å². The number of anilines is 1. The Bertz CT molecular complexity index is 553. The first-order valence-electron chi connectivity index (χ1n) is 6.63. The van der Waals surface area contributed by atoms with Gasteiger partial charge in [0, 0.05) is 10.6 Å². The third-order valence-electron chi connectivity index (χ3n) is 3.01. The SMILES string of the molecule is CC(C)(C)c1ccc(NC(=O)NCc2cccs2)cc1. The molecule has 2 rings (SSSR count). The van der Waals surface area contributed by atoms with Crippen LogP contribution in [0.15, 0.2) is 41.8 Å². The maximum absolute atomic E-state index is 11.8. The van der Waals surface area contributed by atoms with Crippen molar-refractivity contribution >= 4 is 23.1 Å². The molecule has 0 saturated carbocycles. The molecular formula is C16H20N2OS. The first-order valence-corrected chi connectivity index (χ1v) is 7.51. The summed E-state index contributed by atoms with van der Waals surface area (Å²) in [6.07, 6.45) is 0. The lowest BCUT2D eigenvalue weighted by atomic mass is 9.87. The van der Waals surface area contributed by atoms with E-state index in [1.165, 1.54) is 5.56 Å². The van der Waals surface area contributed by atoms with Crippen molar-refractivity contribution < 1.29 is 4.79 Å². The van der Waals surface area contributed by atoms with E-state index in [0.717, 1.165) is 10.6 Å². The first kappa shape index (κ1) is 14.6. The van der Waals surface area contributed by atoms with Gasteiger partial charge in [0.2, 0.25) is 0 Å². The lowest BCUT2D eigenvalue weighted by Gasteiger charge is -2.19. The summed E-state index contributed by atoms with van der Waals surface area (Å²) in [5.41, 5.74) is 2.18. The van der Waals surface area contributed by atoms with Crippen molar-refractivity contribution in [1.82, 2.24) is 5.32 Å². The Morgan fingerprint density at radius 2 is 1.85 bits per heavy atom. The van der Waals surface area contributed by atoms with Crippen molar-refractivity contribution in [3.05, 3.63) is 52.2 Å². The molecule has 2 aromatic rings. The molecule has 1 aromatic carbocycles. The summed E-state index contributed by atoms with van der Waals surface area (Å²) in [5, 5.41) is 7.68.